The Morgan fingerprint density at radius 2 is 2.02 bits per heavy atom. The lowest BCUT2D eigenvalue weighted by Crippen LogP contribution is -2.44. The normalized spacial score (nSPS) is 19.5. The number of aromatic nitrogens is 5. The highest BCUT2D eigenvalue weighted by molar-refractivity contribution is 5.96. The van der Waals surface area contributed by atoms with E-state index < -0.39 is 5.60 Å². The molecule has 0 radical (unpaired) electrons. The predicted octanol–water partition coefficient (Wildman–Crippen LogP) is 3.41. The molecule has 1 unspecified atom stereocenters. The van der Waals surface area contributed by atoms with Gasteiger partial charge in [-0.2, -0.15) is 5.10 Å². The van der Waals surface area contributed by atoms with Gasteiger partial charge >= 0.3 is 0 Å². The smallest absolute Gasteiger partial charge is 0.271 e. The van der Waals surface area contributed by atoms with Crippen LogP contribution in [0.4, 0.5) is 0 Å². The highest BCUT2D eigenvalue weighted by atomic mass is 16.3. The van der Waals surface area contributed by atoms with Crippen molar-refractivity contribution in [2.45, 2.75) is 58.1 Å². The standard InChI is InChI=1S/C31H38N8O3/c1-3-32-15-22-16-33-17-24(20(22)2)21-7-8-25-23(14-21)28(37-36-25)29-34-18-26(35-29)30(41)38-12-5-9-31(42,10-13-38)19-39-11-4-6-27(39)40/h7-8,14,16-18,32,42H,3-6,9-13,15,19H2,1-2H3,(H,34,35)(H,36,37). The van der Waals surface area contributed by atoms with Gasteiger partial charge in [-0.15, -0.1) is 0 Å². The van der Waals surface area contributed by atoms with Gasteiger partial charge in [0.25, 0.3) is 5.91 Å². The van der Waals surface area contributed by atoms with Gasteiger partial charge in [-0.05, 0) is 68.0 Å². The largest absolute Gasteiger partial charge is 0.388 e. The van der Waals surface area contributed by atoms with Gasteiger partial charge in [-0.3, -0.25) is 19.7 Å². The van der Waals surface area contributed by atoms with Crippen LogP contribution in [0.1, 0.15) is 60.6 Å². The van der Waals surface area contributed by atoms with Gasteiger partial charge in [0.05, 0.1) is 17.3 Å². The van der Waals surface area contributed by atoms with Gasteiger partial charge in [-0.25, -0.2) is 4.98 Å². The first-order chi connectivity index (χ1) is 20.3. The van der Waals surface area contributed by atoms with E-state index in [0.717, 1.165) is 47.1 Å². The summed E-state index contributed by atoms with van der Waals surface area (Å²) in [7, 11) is 0. The molecule has 6 rings (SSSR count). The van der Waals surface area contributed by atoms with E-state index in [4.69, 9.17) is 0 Å². The quantitative estimate of drug-likeness (QED) is 0.254. The molecule has 2 fully saturated rings. The van der Waals surface area contributed by atoms with Crippen LogP contribution in [0.15, 0.2) is 36.8 Å². The summed E-state index contributed by atoms with van der Waals surface area (Å²) in [5, 5.41) is 23.1. The van der Waals surface area contributed by atoms with Crippen LogP contribution in [-0.2, 0) is 11.3 Å². The first-order valence-electron chi connectivity index (χ1n) is 14.8. The number of carbonyl (C=O) groups excluding carboxylic acids is 2. The number of imidazole rings is 1. The molecule has 1 atom stereocenters. The second-order valence-electron chi connectivity index (χ2n) is 11.5. The number of hydrogen-bond acceptors (Lipinski definition) is 7. The summed E-state index contributed by atoms with van der Waals surface area (Å²) in [6.07, 6.45) is 8.40. The molecule has 0 bridgehead atoms. The van der Waals surface area contributed by atoms with Crippen molar-refractivity contribution in [2.24, 2.45) is 0 Å². The monoisotopic (exact) mass is 570 g/mol. The minimum Gasteiger partial charge on any atom is -0.388 e. The van der Waals surface area contributed by atoms with Crippen molar-refractivity contribution in [2.75, 3.05) is 32.7 Å². The number of carbonyl (C=O) groups is 2. The maximum Gasteiger partial charge on any atom is 0.271 e. The first-order valence-corrected chi connectivity index (χ1v) is 14.8. The number of aliphatic hydroxyl groups is 1. The second kappa shape index (κ2) is 11.7. The fraction of sp³-hybridized carbons (Fsp3) is 0.452. The van der Waals surface area contributed by atoms with Crippen LogP contribution in [0.2, 0.25) is 0 Å². The molecule has 11 heteroatoms. The van der Waals surface area contributed by atoms with E-state index in [2.05, 4.69) is 56.4 Å². The van der Waals surface area contributed by atoms with Gasteiger partial charge in [0.15, 0.2) is 5.82 Å². The summed E-state index contributed by atoms with van der Waals surface area (Å²) in [6, 6.07) is 6.14. The van der Waals surface area contributed by atoms with Crippen LogP contribution in [0.25, 0.3) is 33.5 Å². The van der Waals surface area contributed by atoms with Crippen molar-refractivity contribution in [1.82, 2.24) is 40.3 Å². The van der Waals surface area contributed by atoms with E-state index in [1.54, 1.807) is 16.0 Å². The Kier molecular flexibility index (Phi) is 7.78. The first kappa shape index (κ1) is 28.0. The summed E-state index contributed by atoms with van der Waals surface area (Å²) in [4.78, 5) is 41.3. The minimum absolute atomic E-state index is 0.105. The van der Waals surface area contributed by atoms with Crippen LogP contribution in [0.5, 0.6) is 0 Å². The molecule has 4 N–H and O–H groups in total. The van der Waals surface area contributed by atoms with Gasteiger partial charge in [0.2, 0.25) is 5.91 Å². The number of hydrogen-bond donors (Lipinski definition) is 4. The molecule has 2 amide bonds. The van der Waals surface area contributed by atoms with E-state index in [0.29, 0.717) is 69.1 Å². The third-order valence-electron chi connectivity index (χ3n) is 8.65. The molecule has 0 spiro atoms. The molecule has 0 saturated carbocycles. The lowest BCUT2D eigenvalue weighted by Gasteiger charge is -2.31. The summed E-state index contributed by atoms with van der Waals surface area (Å²) in [5.41, 5.74) is 5.35. The van der Waals surface area contributed by atoms with Gasteiger partial charge in [0.1, 0.15) is 11.4 Å². The maximum absolute atomic E-state index is 13.5. The zero-order chi connectivity index (χ0) is 29.3. The summed E-state index contributed by atoms with van der Waals surface area (Å²) in [5.74, 6) is 0.458. The van der Waals surface area contributed by atoms with Crippen LogP contribution in [-0.4, -0.2) is 90.2 Å². The van der Waals surface area contributed by atoms with Crippen LogP contribution >= 0.6 is 0 Å². The molecule has 42 heavy (non-hydrogen) atoms. The Bertz CT molecular complexity index is 1610. The van der Waals surface area contributed by atoms with E-state index in [-0.39, 0.29) is 11.8 Å². The number of rotatable bonds is 8. The van der Waals surface area contributed by atoms with Crippen molar-refractivity contribution in [1.29, 1.82) is 0 Å². The van der Waals surface area contributed by atoms with E-state index >= 15 is 0 Å². The molecule has 220 valence electrons. The van der Waals surface area contributed by atoms with E-state index in [9.17, 15) is 14.7 Å². The Labute approximate surface area is 244 Å². The molecule has 2 aliphatic rings. The Hall–Kier alpha value is -4.09. The molecule has 4 aromatic rings. The number of pyridine rings is 1. The molecule has 2 saturated heterocycles. The summed E-state index contributed by atoms with van der Waals surface area (Å²) >= 11 is 0. The molecule has 3 aromatic heterocycles. The fourth-order valence-corrected chi connectivity index (χ4v) is 6.15. The number of nitrogens with zero attached hydrogens (tertiary/aromatic N) is 5. The number of aromatic amines is 2. The molecule has 5 heterocycles. The van der Waals surface area contributed by atoms with Crippen LogP contribution in [0, 0.1) is 6.92 Å². The van der Waals surface area contributed by atoms with E-state index in [1.165, 1.54) is 5.56 Å². The molecule has 2 aliphatic heterocycles. The van der Waals surface area contributed by atoms with Gasteiger partial charge in [0, 0.05) is 62.5 Å². The number of H-pyrrole nitrogens is 2. The Morgan fingerprint density at radius 3 is 2.83 bits per heavy atom. The van der Waals surface area contributed by atoms with Crippen LogP contribution < -0.4 is 5.32 Å². The maximum atomic E-state index is 13.5. The number of benzene rings is 1. The summed E-state index contributed by atoms with van der Waals surface area (Å²) < 4.78 is 0. The zero-order valence-electron chi connectivity index (χ0n) is 24.2. The molecular weight excluding hydrogens is 532 g/mol. The van der Waals surface area contributed by atoms with Crippen molar-refractivity contribution in [3.8, 4) is 22.6 Å². The SMILES string of the molecule is CCNCc1cncc(-c2ccc3[nH]nc(-c4ncc(C(=O)N5CCCC(O)(CN6CCCC6=O)CC5)[nH]4)c3c2)c1C. The third kappa shape index (κ3) is 5.54. The highest BCUT2D eigenvalue weighted by Crippen LogP contribution is 2.32. The van der Waals surface area contributed by atoms with Crippen molar-refractivity contribution in [3.05, 3.63) is 53.6 Å². The van der Waals surface area contributed by atoms with Crippen molar-refractivity contribution < 1.29 is 14.7 Å². The minimum atomic E-state index is -0.972. The molecule has 0 aliphatic carbocycles. The lowest BCUT2D eigenvalue weighted by atomic mass is 9.94. The average Bonchev–Trinajstić information content (AvgIpc) is 3.71. The number of nitrogens with one attached hydrogen (secondary N) is 3. The predicted molar refractivity (Wildman–Crippen MR) is 160 cm³/mol. The fourth-order valence-electron chi connectivity index (χ4n) is 6.15. The Balaban J connectivity index is 1.20. The van der Waals surface area contributed by atoms with Crippen LogP contribution in [0.3, 0.4) is 0 Å². The number of fused-ring (bicyclic) bond motifs is 1. The number of β-amino-alcohol motifs (C(OH)–C–C–N with tert-alkyl or cyclic N) is 1. The van der Waals surface area contributed by atoms with E-state index in [1.807, 2.05) is 18.5 Å². The summed E-state index contributed by atoms with van der Waals surface area (Å²) in [6.45, 7) is 7.85. The van der Waals surface area contributed by atoms with Crippen molar-refractivity contribution in [3.63, 3.8) is 0 Å². The molecule has 11 nitrogen and oxygen atoms in total. The van der Waals surface area contributed by atoms with Crippen molar-refractivity contribution >= 4 is 22.7 Å². The average molecular weight is 571 g/mol. The second-order valence-corrected chi connectivity index (χ2v) is 11.5. The third-order valence-corrected chi connectivity index (χ3v) is 8.65. The van der Waals surface area contributed by atoms with Gasteiger partial charge < -0.3 is 25.2 Å². The topological polar surface area (TPSA) is 143 Å². The Morgan fingerprint density at radius 1 is 1.14 bits per heavy atom. The highest BCUT2D eigenvalue weighted by Gasteiger charge is 2.36. The molecular formula is C31H38N8O3. The lowest BCUT2D eigenvalue weighted by molar-refractivity contribution is -0.131. The zero-order valence-corrected chi connectivity index (χ0v) is 24.2. The molecule has 1 aromatic carbocycles. The number of amides is 2. The number of likely N-dealkylation sites (tertiary alicyclic amines) is 2. The van der Waals surface area contributed by atoms with Gasteiger partial charge in [-0.1, -0.05) is 13.0 Å².